The van der Waals surface area contributed by atoms with E-state index in [2.05, 4.69) is 15.4 Å². The third kappa shape index (κ3) is 3.57. The summed E-state index contributed by atoms with van der Waals surface area (Å²) in [4.78, 5) is 33.7. The van der Waals surface area contributed by atoms with Gasteiger partial charge in [-0.2, -0.15) is 5.01 Å². The van der Waals surface area contributed by atoms with Crippen molar-refractivity contribution in [3.05, 3.63) is 77.1 Å². The molecule has 0 unspecified atom stereocenters. The van der Waals surface area contributed by atoms with Crippen LogP contribution in [-0.4, -0.2) is 31.1 Å². The lowest BCUT2D eigenvalue weighted by Crippen LogP contribution is -2.44. The molecule has 3 heterocycles. The number of fused-ring (bicyclic) bond motifs is 1. The molecule has 2 amide bonds. The van der Waals surface area contributed by atoms with Gasteiger partial charge in [0.1, 0.15) is 0 Å². The molecule has 27 heavy (non-hydrogen) atoms. The average Bonchev–Trinajstić information content (AvgIpc) is 2.96. The molecular formula is C19H12N4O2S2. The lowest BCUT2D eigenvalue weighted by Gasteiger charge is -2.15. The molecule has 4 rings (SSSR count). The van der Waals surface area contributed by atoms with Crippen molar-refractivity contribution in [2.24, 2.45) is 0 Å². The Labute approximate surface area is 164 Å². The predicted molar refractivity (Wildman–Crippen MR) is 108 cm³/mol. The number of amides is 2. The van der Waals surface area contributed by atoms with Crippen LogP contribution in [0.15, 0.2) is 65.8 Å². The van der Waals surface area contributed by atoms with Gasteiger partial charge in [0.2, 0.25) is 0 Å². The molecule has 0 spiro atoms. The van der Waals surface area contributed by atoms with Gasteiger partial charge in [-0.15, -0.1) is 0 Å². The van der Waals surface area contributed by atoms with E-state index in [4.69, 9.17) is 12.2 Å². The van der Waals surface area contributed by atoms with Gasteiger partial charge in [-0.05, 0) is 42.6 Å². The van der Waals surface area contributed by atoms with Crippen LogP contribution in [0.2, 0.25) is 0 Å². The van der Waals surface area contributed by atoms with E-state index in [1.165, 1.54) is 12.4 Å². The molecule has 0 saturated carbocycles. The van der Waals surface area contributed by atoms with Crippen molar-refractivity contribution in [3.63, 3.8) is 0 Å². The van der Waals surface area contributed by atoms with E-state index in [9.17, 15) is 9.59 Å². The molecule has 1 fully saturated rings. The number of thiocarbonyl (C=S) groups is 1. The van der Waals surface area contributed by atoms with Gasteiger partial charge in [-0.1, -0.05) is 36.0 Å². The molecule has 0 atom stereocenters. The topological polar surface area (TPSA) is 75.2 Å². The molecule has 0 bridgehead atoms. The van der Waals surface area contributed by atoms with E-state index in [0.29, 0.717) is 16.2 Å². The number of aromatic nitrogens is 2. The number of nitrogens with one attached hydrogen (secondary N) is 1. The van der Waals surface area contributed by atoms with Gasteiger partial charge in [0, 0.05) is 23.3 Å². The largest absolute Gasteiger partial charge is 0.285 e. The zero-order chi connectivity index (χ0) is 18.8. The van der Waals surface area contributed by atoms with E-state index in [-0.39, 0.29) is 10.2 Å². The molecule has 1 saturated heterocycles. The minimum absolute atomic E-state index is 0.259. The Balaban J connectivity index is 1.56. The zero-order valence-electron chi connectivity index (χ0n) is 13.8. The number of para-hydroxylation sites is 1. The smallest absolute Gasteiger partial charge is 0.267 e. The number of carbonyl (C=O) groups excluding carboxylic acids is 2. The van der Waals surface area contributed by atoms with Crippen molar-refractivity contribution in [2.75, 3.05) is 0 Å². The molecule has 6 nitrogen and oxygen atoms in total. The number of pyridine rings is 2. The third-order valence-corrected chi connectivity index (χ3v) is 5.15. The number of rotatable bonds is 3. The monoisotopic (exact) mass is 392 g/mol. The van der Waals surface area contributed by atoms with Crippen molar-refractivity contribution in [1.29, 1.82) is 0 Å². The first kappa shape index (κ1) is 17.3. The summed E-state index contributed by atoms with van der Waals surface area (Å²) in [6, 6.07) is 14.6. The quantitative estimate of drug-likeness (QED) is 0.545. The Bertz CT molecular complexity index is 1100. The van der Waals surface area contributed by atoms with Gasteiger partial charge in [0.25, 0.3) is 11.8 Å². The van der Waals surface area contributed by atoms with Gasteiger partial charge in [0.05, 0.1) is 16.1 Å². The molecule has 2 aromatic heterocycles. The van der Waals surface area contributed by atoms with Crippen molar-refractivity contribution in [2.45, 2.75) is 0 Å². The number of thioether (sulfide) groups is 1. The predicted octanol–water partition coefficient (Wildman–Crippen LogP) is 3.18. The first-order chi connectivity index (χ1) is 13.1. The van der Waals surface area contributed by atoms with Gasteiger partial charge in [-0.25, -0.2) is 4.98 Å². The molecule has 132 valence electrons. The first-order valence-electron chi connectivity index (χ1n) is 7.96. The Morgan fingerprint density at radius 2 is 1.89 bits per heavy atom. The highest BCUT2D eigenvalue weighted by Crippen LogP contribution is 2.31. The second kappa shape index (κ2) is 7.26. The van der Waals surface area contributed by atoms with Crippen LogP contribution in [0.3, 0.4) is 0 Å². The summed E-state index contributed by atoms with van der Waals surface area (Å²) in [6.07, 6.45) is 4.68. The van der Waals surface area contributed by atoms with E-state index in [1.54, 1.807) is 18.2 Å². The number of hydrogen-bond acceptors (Lipinski definition) is 6. The maximum absolute atomic E-state index is 12.6. The Hall–Kier alpha value is -3.10. The van der Waals surface area contributed by atoms with Crippen molar-refractivity contribution in [1.82, 2.24) is 20.4 Å². The van der Waals surface area contributed by atoms with Crippen LogP contribution in [0.5, 0.6) is 0 Å². The van der Waals surface area contributed by atoms with Gasteiger partial charge in [-0.3, -0.25) is 20.0 Å². The fourth-order valence-corrected chi connectivity index (χ4v) is 3.69. The van der Waals surface area contributed by atoms with E-state index < -0.39 is 5.91 Å². The fourth-order valence-electron chi connectivity index (χ4n) is 2.53. The molecule has 3 aromatic rings. The molecule has 1 N–H and O–H groups in total. The molecule has 0 radical (unpaired) electrons. The minimum atomic E-state index is -0.432. The van der Waals surface area contributed by atoms with Crippen molar-refractivity contribution >= 4 is 57.1 Å². The van der Waals surface area contributed by atoms with E-state index in [0.717, 1.165) is 27.7 Å². The number of hydrazine groups is 1. The number of hydrogen-bond donors (Lipinski definition) is 1. The minimum Gasteiger partial charge on any atom is -0.267 e. The molecule has 1 aromatic carbocycles. The number of benzene rings is 1. The maximum atomic E-state index is 12.6. The second-order valence-electron chi connectivity index (χ2n) is 5.62. The molecule has 0 aliphatic carbocycles. The highest BCUT2D eigenvalue weighted by molar-refractivity contribution is 8.26. The van der Waals surface area contributed by atoms with Gasteiger partial charge >= 0.3 is 0 Å². The maximum Gasteiger partial charge on any atom is 0.285 e. The molecular weight excluding hydrogens is 380 g/mol. The van der Waals surface area contributed by atoms with Crippen LogP contribution in [0.1, 0.15) is 16.1 Å². The Morgan fingerprint density at radius 3 is 2.70 bits per heavy atom. The van der Waals surface area contributed by atoms with Crippen LogP contribution in [-0.2, 0) is 4.79 Å². The summed E-state index contributed by atoms with van der Waals surface area (Å²) >= 11 is 6.36. The summed E-state index contributed by atoms with van der Waals surface area (Å²) in [5, 5.41) is 2.10. The summed E-state index contributed by atoms with van der Waals surface area (Å²) in [5.74, 6) is -0.818. The van der Waals surface area contributed by atoms with Crippen LogP contribution >= 0.6 is 24.0 Å². The lowest BCUT2D eigenvalue weighted by molar-refractivity contribution is -0.123. The second-order valence-corrected chi connectivity index (χ2v) is 7.30. The SMILES string of the molecule is O=C(NN1C(=O)C(=Cc2ccc3ccccc3n2)SC1=S)c1ccncc1. The highest BCUT2D eigenvalue weighted by atomic mass is 32.2. The lowest BCUT2D eigenvalue weighted by atomic mass is 10.2. The summed E-state index contributed by atoms with van der Waals surface area (Å²) in [6.45, 7) is 0. The van der Waals surface area contributed by atoms with Crippen LogP contribution in [0.25, 0.3) is 17.0 Å². The summed E-state index contributed by atoms with van der Waals surface area (Å²) in [5.41, 5.74) is 4.41. The van der Waals surface area contributed by atoms with Crippen LogP contribution < -0.4 is 5.43 Å². The molecule has 1 aliphatic heterocycles. The Morgan fingerprint density at radius 1 is 1.11 bits per heavy atom. The average molecular weight is 392 g/mol. The summed E-state index contributed by atoms with van der Waals surface area (Å²) < 4.78 is 0.259. The number of nitrogens with zero attached hydrogens (tertiary/aromatic N) is 3. The van der Waals surface area contributed by atoms with Crippen LogP contribution in [0.4, 0.5) is 0 Å². The molecule has 1 aliphatic rings. The summed E-state index contributed by atoms with van der Waals surface area (Å²) in [7, 11) is 0. The van der Waals surface area contributed by atoms with Gasteiger partial charge < -0.3 is 0 Å². The van der Waals surface area contributed by atoms with Crippen molar-refractivity contribution in [3.8, 4) is 0 Å². The standard InChI is InChI=1S/C19H12N4O2S2/c24-17(13-7-9-20-10-8-13)22-23-18(25)16(27-19(23)26)11-14-6-5-12-3-1-2-4-15(12)21-14/h1-11H,(H,22,24). The van der Waals surface area contributed by atoms with E-state index >= 15 is 0 Å². The van der Waals surface area contributed by atoms with Crippen LogP contribution in [0, 0.1) is 0 Å². The molecule has 8 heteroatoms. The first-order valence-corrected chi connectivity index (χ1v) is 9.19. The Kier molecular flexibility index (Phi) is 4.66. The normalized spacial score (nSPS) is 15.6. The zero-order valence-corrected chi connectivity index (χ0v) is 15.5. The number of carbonyl (C=O) groups is 2. The highest BCUT2D eigenvalue weighted by Gasteiger charge is 2.33. The van der Waals surface area contributed by atoms with Crippen molar-refractivity contribution < 1.29 is 9.59 Å². The van der Waals surface area contributed by atoms with Gasteiger partial charge in [0.15, 0.2) is 4.32 Å². The van der Waals surface area contributed by atoms with E-state index in [1.807, 2.05) is 36.4 Å². The fraction of sp³-hybridized carbons (Fsp3) is 0. The third-order valence-electron chi connectivity index (χ3n) is 3.85.